The molecule has 0 spiro atoms. The molecule has 2 fully saturated rings. The monoisotopic (exact) mass is 252 g/mol. The Hall–Kier alpha value is -0.570. The van der Waals surface area contributed by atoms with E-state index in [9.17, 15) is 4.79 Å². The van der Waals surface area contributed by atoms with Crippen LogP contribution in [0, 0.1) is 17.8 Å². The molecule has 0 radical (unpaired) electrons. The second-order valence-corrected chi connectivity index (χ2v) is 6.85. The highest BCUT2D eigenvalue weighted by molar-refractivity contribution is 5.86. The van der Waals surface area contributed by atoms with E-state index in [0.717, 1.165) is 31.7 Å². The van der Waals surface area contributed by atoms with Gasteiger partial charge in [-0.15, -0.1) is 0 Å². The van der Waals surface area contributed by atoms with Gasteiger partial charge in [-0.05, 0) is 43.4 Å². The van der Waals surface area contributed by atoms with Gasteiger partial charge in [0.2, 0.25) is 5.91 Å². The molecule has 3 heteroatoms. The summed E-state index contributed by atoms with van der Waals surface area (Å²) in [7, 11) is 0. The average Bonchev–Trinajstić information content (AvgIpc) is 2.71. The number of hydrogen-bond acceptors (Lipinski definition) is 2. The summed E-state index contributed by atoms with van der Waals surface area (Å²) < 4.78 is 0. The molecule has 2 rings (SSSR count). The fourth-order valence-electron chi connectivity index (χ4n) is 3.72. The van der Waals surface area contributed by atoms with Gasteiger partial charge in [-0.25, -0.2) is 0 Å². The third kappa shape index (κ3) is 3.25. The molecule has 0 aromatic rings. The Labute approximate surface area is 111 Å². The Morgan fingerprint density at radius 2 is 2.06 bits per heavy atom. The van der Waals surface area contributed by atoms with E-state index >= 15 is 0 Å². The topological polar surface area (TPSA) is 55.1 Å². The van der Waals surface area contributed by atoms with Crippen LogP contribution in [0.2, 0.25) is 0 Å². The molecule has 0 aromatic heterocycles. The maximum atomic E-state index is 12.3. The summed E-state index contributed by atoms with van der Waals surface area (Å²) in [6.45, 7) is 5.33. The molecule has 1 amide bonds. The lowest BCUT2D eigenvalue weighted by Crippen LogP contribution is -2.56. The lowest BCUT2D eigenvalue weighted by atomic mass is 9.76. The molecule has 0 bridgehead atoms. The van der Waals surface area contributed by atoms with Gasteiger partial charge in [0.05, 0.1) is 5.54 Å². The van der Waals surface area contributed by atoms with Crippen molar-refractivity contribution in [1.29, 1.82) is 0 Å². The van der Waals surface area contributed by atoms with Gasteiger partial charge in [0.1, 0.15) is 0 Å². The van der Waals surface area contributed by atoms with Crippen molar-refractivity contribution >= 4 is 5.91 Å². The summed E-state index contributed by atoms with van der Waals surface area (Å²) >= 11 is 0. The van der Waals surface area contributed by atoms with Crippen LogP contribution in [0.25, 0.3) is 0 Å². The highest BCUT2D eigenvalue weighted by Gasteiger charge is 2.38. The van der Waals surface area contributed by atoms with E-state index in [2.05, 4.69) is 19.2 Å². The van der Waals surface area contributed by atoms with Crippen molar-refractivity contribution in [3.63, 3.8) is 0 Å². The van der Waals surface area contributed by atoms with Gasteiger partial charge in [-0.2, -0.15) is 0 Å². The van der Waals surface area contributed by atoms with E-state index in [1.807, 2.05) is 0 Å². The van der Waals surface area contributed by atoms with Crippen LogP contribution in [0.4, 0.5) is 0 Å². The minimum atomic E-state index is -0.595. The van der Waals surface area contributed by atoms with E-state index in [1.54, 1.807) is 0 Å². The normalized spacial score (nSPS) is 40.7. The van der Waals surface area contributed by atoms with Crippen molar-refractivity contribution in [2.75, 3.05) is 6.54 Å². The Balaban J connectivity index is 1.80. The highest BCUT2D eigenvalue weighted by Crippen LogP contribution is 2.32. The van der Waals surface area contributed by atoms with Crippen LogP contribution < -0.4 is 11.1 Å². The Morgan fingerprint density at radius 1 is 1.28 bits per heavy atom. The van der Waals surface area contributed by atoms with Crippen molar-refractivity contribution in [2.45, 2.75) is 64.3 Å². The first-order valence-electron chi connectivity index (χ1n) is 7.57. The van der Waals surface area contributed by atoms with E-state index in [0.29, 0.717) is 11.8 Å². The zero-order valence-electron chi connectivity index (χ0n) is 11.9. The molecule has 18 heavy (non-hydrogen) atoms. The van der Waals surface area contributed by atoms with Crippen molar-refractivity contribution in [1.82, 2.24) is 5.32 Å². The van der Waals surface area contributed by atoms with Gasteiger partial charge in [0, 0.05) is 6.54 Å². The number of nitrogens with one attached hydrogen (secondary N) is 1. The van der Waals surface area contributed by atoms with Crippen LogP contribution >= 0.6 is 0 Å². The largest absolute Gasteiger partial charge is 0.354 e. The predicted octanol–water partition coefficient (Wildman–Crippen LogP) is 2.45. The summed E-state index contributed by atoms with van der Waals surface area (Å²) in [5, 5.41) is 3.11. The van der Waals surface area contributed by atoms with Gasteiger partial charge in [0.15, 0.2) is 0 Å². The summed E-state index contributed by atoms with van der Waals surface area (Å²) in [5.41, 5.74) is 5.70. The van der Waals surface area contributed by atoms with Gasteiger partial charge in [-0.3, -0.25) is 4.79 Å². The van der Waals surface area contributed by atoms with Crippen LogP contribution in [0.1, 0.15) is 58.8 Å². The predicted molar refractivity (Wildman–Crippen MR) is 74.1 cm³/mol. The van der Waals surface area contributed by atoms with Gasteiger partial charge in [0.25, 0.3) is 0 Å². The fourth-order valence-corrected chi connectivity index (χ4v) is 3.72. The molecule has 2 saturated carbocycles. The van der Waals surface area contributed by atoms with Crippen LogP contribution in [-0.2, 0) is 4.79 Å². The molecule has 4 unspecified atom stereocenters. The molecule has 0 saturated heterocycles. The van der Waals surface area contributed by atoms with Crippen molar-refractivity contribution in [3.8, 4) is 0 Å². The zero-order chi connectivity index (χ0) is 13.2. The van der Waals surface area contributed by atoms with Gasteiger partial charge >= 0.3 is 0 Å². The van der Waals surface area contributed by atoms with Crippen molar-refractivity contribution in [2.24, 2.45) is 23.5 Å². The van der Waals surface area contributed by atoms with Crippen LogP contribution in [0.15, 0.2) is 0 Å². The highest BCUT2D eigenvalue weighted by atomic mass is 16.2. The molecule has 3 nitrogen and oxygen atoms in total. The third-order valence-electron chi connectivity index (χ3n) is 4.84. The van der Waals surface area contributed by atoms with Crippen LogP contribution in [0.5, 0.6) is 0 Å². The fraction of sp³-hybridized carbons (Fsp3) is 0.933. The molecule has 2 aliphatic rings. The number of amides is 1. The maximum absolute atomic E-state index is 12.3. The minimum Gasteiger partial charge on any atom is -0.354 e. The summed E-state index contributed by atoms with van der Waals surface area (Å²) in [4.78, 5) is 12.3. The lowest BCUT2D eigenvalue weighted by molar-refractivity contribution is -0.128. The van der Waals surface area contributed by atoms with Crippen LogP contribution in [0.3, 0.4) is 0 Å². The average molecular weight is 252 g/mol. The molecule has 4 atom stereocenters. The molecular formula is C15H28N2O. The minimum absolute atomic E-state index is 0.0913. The number of nitrogens with two attached hydrogens (primary N) is 1. The number of hydrogen-bond donors (Lipinski definition) is 2. The third-order valence-corrected chi connectivity index (χ3v) is 4.84. The first-order valence-corrected chi connectivity index (χ1v) is 7.57. The smallest absolute Gasteiger partial charge is 0.240 e. The molecule has 0 aliphatic heterocycles. The number of carbonyl (C=O) groups excluding carboxylic acids is 1. The van der Waals surface area contributed by atoms with E-state index in [-0.39, 0.29) is 5.91 Å². The van der Waals surface area contributed by atoms with E-state index < -0.39 is 5.54 Å². The Morgan fingerprint density at radius 3 is 2.67 bits per heavy atom. The summed E-state index contributed by atoms with van der Waals surface area (Å²) in [6, 6.07) is 0. The first kappa shape index (κ1) is 13.9. The quantitative estimate of drug-likeness (QED) is 0.810. The van der Waals surface area contributed by atoms with Crippen molar-refractivity contribution in [3.05, 3.63) is 0 Å². The standard InChI is InChI=1S/C15H28N2O/c1-11-5-6-13(8-11)10-17-14(18)15(16)7-3-4-12(2)9-15/h11-13H,3-10,16H2,1-2H3,(H,17,18). The molecule has 0 aromatic carbocycles. The lowest BCUT2D eigenvalue weighted by Gasteiger charge is -2.35. The SMILES string of the molecule is CC1CCC(CNC(=O)C2(N)CCCC(C)C2)C1. The molecule has 2 aliphatic carbocycles. The Bertz CT molecular complexity index is 305. The Kier molecular flexibility index (Phi) is 4.31. The summed E-state index contributed by atoms with van der Waals surface area (Å²) in [5.74, 6) is 2.18. The van der Waals surface area contributed by atoms with Gasteiger partial charge in [-0.1, -0.05) is 33.1 Å². The van der Waals surface area contributed by atoms with Crippen LogP contribution in [-0.4, -0.2) is 18.0 Å². The molecule has 104 valence electrons. The van der Waals surface area contributed by atoms with Gasteiger partial charge < -0.3 is 11.1 Å². The zero-order valence-corrected chi connectivity index (χ0v) is 11.9. The first-order chi connectivity index (χ1) is 8.49. The van der Waals surface area contributed by atoms with E-state index in [4.69, 9.17) is 5.73 Å². The van der Waals surface area contributed by atoms with E-state index in [1.165, 1.54) is 25.7 Å². The molecule has 3 N–H and O–H groups in total. The second-order valence-electron chi connectivity index (χ2n) is 6.85. The maximum Gasteiger partial charge on any atom is 0.240 e. The number of carbonyl (C=O) groups is 1. The molecular weight excluding hydrogens is 224 g/mol. The summed E-state index contributed by atoms with van der Waals surface area (Å²) in [6.07, 6.45) is 7.83. The molecule has 0 heterocycles. The van der Waals surface area contributed by atoms with Crippen molar-refractivity contribution < 1.29 is 4.79 Å². The second kappa shape index (κ2) is 5.60. The number of rotatable bonds is 3.